The second kappa shape index (κ2) is 4.84. The normalized spacial score (nSPS) is 16.9. The molecule has 0 spiro atoms. The first-order valence-electron chi connectivity index (χ1n) is 7.30. The maximum Gasteiger partial charge on any atom is 0.160 e. The van der Waals surface area contributed by atoms with Crippen LogP contribution in [0.25, 0.3) is 10.9 Å². The first kappa shape index (κ1) is 12.5. The molecule has 1 aromatic carbocycles. The van der Waals surface area contributed by atoms with Crippen molar-refractivity contribution in [1.29, 1.82) is 0 Å². The molecular weight excluding hydrogens is 234 g/mol. The molecule has 0 unspecified atom stereocenters. The largest absolute Gasteiger partial charge is 0.361 e. The van der Waals surface area contributed by atoms with Crippen LogP contribution in [0.5, 0.6) is 0 Å². The lowest BCUT2D eigenvalue weighted by molar-refractivity contribution is 0.101. The summed E-state index contributed by atoms with van der Waals surface area (Å²) >= 11 is 0. The van der Waals surface area contributed by atoms with Crippen molar-refractivity contribution in [1.82, 2.24) is 4.98 Å². The van der Waals surface area contributed by atoms with Crippen molar-refractivity contribution in [3.63, 3.8) is 0 Å². The van der Waals surface area contributed by atoms with Crippen LogP contribution < -0.4 is 0 Å². The number of carbonyl (C=O) groups excluding carboxylic acids is 1. The SMILES string of the molecule is CC(=O)c1ccc2c(C3CCCCC3)c[nH]c2c1C. The summed E-state index contributed by atoms with van der Waals surface area (Å²) in [5, 5.41) is 1.31. The Morgan fingerprint density at radius 3 is 2.63 bits per heavy atom. The van der Waals surface area contributed by atoms with E-state index >= 15 is 0 Å². The fourth-order valence-corrected chi connectivity index (χ4v) is 3.50. The van der Waals surface area contributed by atoms with E-state index in [0.29, 0.717) is 5.92 Å². The van der Waals surface area contributed by atoms with Crippen LogP contribution in [0.15, 0.2) is 18.3 Å². The van der Waals surface area contributed by atoms with E-state index in [1.54, 1.807) is 6.92 Å². The van der Waals surface area contributed by atoms with Crippen molar-refractivity contribution >= 4 is 16.7 Å². The summed E-state index contributed by atoms with van der Waals surface area (Å²) in [7, 11) is 0. The van der Waals surface area contributed by atoms with Gasteiger partial charge in [-0.3, -0.25) is 4.79 Å². The van der Waals surface area contributed by atoms with Crippen LogP contribution in [0.4, 0.5) is 0 Å². The fourth-order valence-electron chi connectivity index (χ4n) is 3.50. The van der Waals surface area contributed by atoms with Crippen molar-refractivity contribution in [3.05, 3.63) is 35.0 Å². The highest BCUT2D eigenvalue weighted by molar-refractivity contribution is 6.01. The highest BCUT2D eigenvalue weighted by Gasteiger charge is 2.20. The molecule has 1 aliphatic rings. The molecular formula is C17H21NO. The first-order chi connectivity index (χ1) is 9.18. The molecule has 0 bridgehead atoms. The van der Waals surface area contributed by atoms with Gasteiger partial charge in [0.05, 0.1) is 0 Å². The Hall–Kier alpha value is -1.57. The molecule has 1 N–H and O–H groups in total. The van der Waals surface area contributed by atoms with Gasteiger partial charge in [-0.05, 0) is 43.7 Å². The third kappa shape index (κ3) is 2.09. The van der Waals surface area contributed by atoms with E-state index in [0.717, 1.165) is 16.6 Å². The zero-order valence-corrected chi connectivity index (χ0v) is 11.8. The number of aryl methyl sites for hydroxylation is 1. The van der Waals surface area contributed by atoms with Crippen molar-refractivity contribution in [2.45, 2.75) is 51.9 Å². The second-order valence-electron chi connectivity index (χ2n) is 5.80. The number of nitrogens with one attached hydrogen (secondary N) is 1. The summed E-state index contributed by atoms with van der Waals surface area (Å²) in [5.74, 6) is 0.846. The van der Waals surface area contributed by atoms with Gasteiger partial charge in [0.15, 0.2) is 5.78 Å². The molecule has 0 radical (unpaired) electrons. The minimum absolute atomic E-state index is 0.146. The Labute approximate surface area is 114 Å². The summed E-state index contributed by atoms with van der Waals surface area (Å²) in [6.07, 6.45) is 8.86. The molecule has 1 aromatic heterocycles. The standard InChI is InChI=1S/C17H21NO/c1-11-14(12(2)19)8-9-15-16(10-18-17(11)15)13-6-4-3-5-7-13/h8-10,13,18H,3-7H2,1-2H3. The van der Waals surface area contributed by atoms with E-state index in [4.69, 9.17) is 0 Å². The quantitative estimate of drug-likeness (QED) is 0.773. The van der Waals surface area contributed by atoms with Crippen molar-refractivity contribution in [3.8, 4) is 0 Å². The molecule has 1 aliphatic carbocycles. The third-order valence-corrected chi connectivity index (χ3v) is 4.57. The third-order valence-electron chi connectivity index (χ3n) is 4.57. The number of Topliss-reactive ketones (excluding diaryl/α,β-unsaturated/α-hetero) is 1. The number of benzene rings is 1. The first-order valence-corrected chi connectivity index (χ1v) is 7.30. The highest BCUT2D eigenvalue weighted by atomic mass is 16.1. The number of aromatic nitrogens is 1. The highest BCUT2D eigenvalue weighted by Crippen LogP contribution is 2.37. The maximum absolute atomic E-state index is 11.6. The minimum Gasteiger partial charge on any atom is -0.361 e. The number of ketones is 1. The van der Waals surface area contributed by atoms with Gasteiger partial charge in [0, 0.05) is 22.7 Å². The van der Waals surface area contributed by atoms with Gasteiger partial charge in [-0.25, -0.2) is 0 Å². The van der Waals surface area contributed by atoms with Crippen molar-refractivity contribution in [2.24, 2.45) is 0 Å². The maximum atomic E-state index is 11.6. The Balaban J connectivity index is 2.08. The van der Waals surface area contributed by atoms with Gasteiger partial charge in [-0.15, -0.1) is 0 Å². The molecule has 19 heavy (non-hydrogen) atoms. The lowest BCUT2D eigenvalue weighted by Gasteiger charge is -2.21. The second-order valence-corrected chi connectivity index (χ2v) is 5.80. The smallest absolute Gasteiger partial charge is 0.160 e. The van der Waals surface area contributed by atoms with Gasteiger partial charge >= 0.3 is 0 Å². The fraction of sp³-hybridized carbons (Fsp3) is 0.471. The topological polar surface area (TPSA) is 32.9 Å². The summed E-state index contributed by atoms with van der Waals surface area (Å²) in [6.45, 7) is 3.68. The molecule has 2 heteroatoms. The number of rotatable bonds is 2. The van der Waals surface area contributed by atoms with Crippen LogP contribution in [0, 0.1) is 6.92 Å². The van der Waals surface area contributed by atoms with E-state index in [9.17, 15) is 4.79 Å². The number of hydrogen-bond donors (Lipinski definition) is 1. The summed E-state index contributed by atoms with van der Waals surface area (Å²) in [5.41, 5.74) is 4.53. The van der Waals surface area contributed by atoms with Gasteiger partial charge in [-0.2, -0.15) is 0 Å². The Morgan fingerprint density at radius 1 is 1.21 bits per heavy atom. The number of fused-ring (bicyclic) bond motifs is 1. The van der Waals surface area contributed by atoms with Gasteiger partial charge < -0.3 is 4.98 Å². The van der Waals surface area contributed by atoms with E-state index < -0.39 is 0 Å². The minimum atomic E-state index is 0.146. The van der Waals surface area contributed by atoms with Gasteiger partial charge in [0.25, 0.3) is 0 Å². The summed E-state index contributed by atoms with van der Waals surface area (Å²) in [6, 6.07) is 4.11. The molecule has 2 aromatic rings. The van der Waals surface area contributed by atoms with Crippen LogP contribution in [-0.4, -0.2) is 10.8 Å². The van der Waals surface area contributed by atoms with Crippen LogP contribution in [0.3, 0.4) is 0 Å². The number of carbonyl (C=O) groups is 1. The molecule has 0 aliphatic heterocycles. The van der Waals surface area contributed by atoms with E-state index in [-0.39, 0.29) is 5.78 Å². The molecule has 1 saturated carbocycles. The molecule has 1 heterocycles. The van der Waals surface area contributed by atoms with Crippen LogP contribution in [0.1, 0.15) is 66.4 Å². The van der Waals surface area contributed by atoms with E-state index in [1.165, 1.54) is 43.1 Å². The molecule has 100 valence electrons. The van der Waals surface area contributed by atoms with E-state index in [1.807, 2.05) is 13.0 Å². The Kier molecular flexibility index (Phi) is 3.17. The molecule has 3 rings (SSSR count). The molecule has 0 saturated heterocycles. The van der Waals surface area contributed by atoms with E-state index in [2.05, 4.69) is 17.2 Å². The predicted octanol–water partition coefficient (Wildman–Crippen LogP) is 4.73. The molecule has 0 atom stereocenters. The van der Waals surface area contributed by atoms with Crippen molar-refractivity contribution in [2.75, 3.05) is 0 Å². The van der Waals surface area contributed by atoms with Crippen LogP contribution in [-0.2, 0) is 0 Å². The Bertz CT molecular complexity index is 617. The number of aromatic amines is 1. The van der Waals surface area contributed by atoms with Crippen LogP contribution >= 0.6 is 0 Å². The lowest BCUT2D eigenvalue weighted by Crippen LogP contribution is -2.04. The number of H-pyrrole nitrogens is 1. The predicted molar refractivity (Wildman–Crippen MR) is 78.9 cm³/mol. The molecule has 2 nitrogen and oxygen atoms in total. The monoisotopic (exact) mass is 255 g/mol. The lowest BCUT2D eigenvalue weighted by atomic mass is 9.83. The zero-order valence-electron chi connectivity index (χ0n) is 11.8. The summed E-state index contributed by atoms with van der Waals surface area (Å²) in [4.78, 5) is 15.0. The van der Waals surface area contributed by atoms with Crippen molar-refractivity contribution < 1.29 is 4.79 Å². The molecule has 0 amide bonds. The average molecular weight is 255 g/mol. The zero-order chi connectivity index (χ0) is 13.4. The van der Waals surface area contributed by atoms with Crippen LogP contribution in [0.2, 0.25) is 0 Å². The Morgan fingerprint density at radius 2 is 1.95 bits per heavy atom. The molecule has 1 fully saturated rings. The van der Waals surface area contributed by atoms with Gasteiger partial charge in [0.2, 0.25) is 0 Å². The average Bonchev–Trinajstić information content (AvgIpc) is 2.84. The number of hydrogen-bond acceptors (Lipinski definition) is 1. The summed E-state index contributed by atoms with van der Waals surface area (Å²) < 4.78 is 0. The van der Waals surface area contributed by atoms with Gasteiger partial charge in [-0.1, -0.05) is 31.4 Å². The van der Waals surface area contributed by atoms with Gasteiger partial charge in [0.1, 0.15) is 0 Å².